The molecule has 0 aromatic heterocycles. The zero-order chi connectivity index (χ0) is 15.3. The summed E-state index contributed by atoms with van der Waals surface area (Å²) in [6.07, 6.45) is 0. The predicted molar refractivity (Wildman–Crippen MR) is 71.3 cm³/mol. The summed E-state index contributed by atoms with van der Waals surface area (Å²) >= 11 is 5.73. The molecule has 0 heterocycles. The van der Waals surface area contributed by atoms with Crippen LogP contribution in [0.15, 0.2) is 18.2 Å². The molecule has 0 unspecified atom stereocenters. The van der Waals surface area contributed by atoms with Crippen LogP contribution in [0.25, 0.3) is 0 Å². The minimum Gasteiger partial charge on any atom is -0.482 e. The molecule has 1 atom stereocenters. The lowest BCUT2D eigenvalue weighted by Gasteiger charge is -2.18. The lowest BCUT2D eigenvalue weighted by molar-refractivity contribution is -0.143. The fourth-order valence-corrected chi connectivity index (χ4v) is 1.69. The lowest BCUT2D eigenvalue weighted by Crippen LogP contribution is -2.46. The van der Waals surface area contributed by atoms with E-state index in [-0.39, 0.29) is 16.7 Å². The third kappa shape index (κ3) is 4.70. The van der Waals surface area contributed by atoms with Gasteiger partial charge in [-0.15, -0.1) is 0 Å². The van der Waals surface area contributed by atoms with Crippen LogP contribution < -0.4 is 10.1 Å². The first kappa shape index (κ1) is 16.2. The van der Waals surface area contributed by atoms with E-state index in [0.717, 1.165) is 12.1 Å². The number of carbonyl (C=O) groups is 2. The van der Waals surface area contributed by atoms with E-state index in [1.807, 2.05) is 0 Å². The van der Waals surface area contributed by atoms with Crippen LogP contribution in [0.5, 0.6) is 5.75 Å². The van der Waals surface area contributed by atoms with Crippen molar-refractivity contribution < 1.29 is 23.8 Å². The number of halogens is 2. The summed E-state index contributed by atoms with van der Waals surface area (Å²) in [5.41, 5.74) is 0. The van der Waals surface area contributed by atoms with Gasteiger partial charge in [-0.25, -0.2) is 9.18 Å². The quantitative estimate of drug-likeness (QED) is 0.843. The van der Waals surface area contributed by atoms with Gasteiger partial charge >= 0.3 is 5.97 Å². The molecule has 7 heteroatoms. The van der Waals surface area contributed by atoms with E-state index in [4.69, 9.17) is 21.4 Å². The van der Waals surface area contributed by atoms with Crippen molar-refractivity contribution in [1.82, 2.24) is 5.32 Å². The normalized spacial score (nSPS) is 12.1. The Morgan fingerprint density at radius 2 is 2.10 bits per heavy atom. The van der Waals surface area contributed by atoms with Crippen LogP contribution in [-0.4, -0.2) is 29.6 Å². The topological polar surface area (TPSA) is 75.6 Å². The molecular formula is C13H15ClFNO4. The van der Waals surface area contributed by atoms with Gasteiger partial charge < -0.3 is 15.2 Å². The van der Waals surface area contributed by atoms with Gasteiger partial charge in [0.25, 0.3) is 5.91 Å². The highest BCUT2D eigenvalue weighted by atomic mass is 35.5. The smallest absolute Gasteiger partial charge is 0.326 e. The Hall–Kier alpha value is -1.82. The van der Waals surface area contributed by atoms with Gasteiger partial charge in [0.05, 0.1) is 5.02 Å². The Labute approximate surface area is 120 Å². The fraction of sp³-hybridized carbons (Fsp3) is 0.385. The molecule has 2 N–H and O–H groups in total. The molecule has 0 spiro atoms. The van der Waals surface area contributed by atoms with Gasteiger partial charge in [-0.05, 0) is 24.1 Å². The second-order valence-corrected chi connectivity index (χ2v) is 4.90. The molecule has 0 saturated heterocycles. The summed E-state index contributed by atoms with van der Waals surface area (Å²) in [6.45, 7) is 2.95. The van der Waals surface area contributed by atoms with Crippen LogP contribution in [0.4, 0.5) is 4.39 Å². The van der Waals surface area contributed by atoms with Crippen molar-refractivity contribution in [1.29, 1.82) is 0 Å². The maximum absolute atomic E-state index is 12.8. The van der Waals surface area contributed by atoms with Gasteiger partial charge in [0, 0.05) is 0 Å². The van der Waals surface area contributed by atoms with Crippen LogP contribution in [0.1, 0.15) is 13.8 Å². The van der Waals surface area contributed by atoms with E-state index in [1.165, 1.54) is 6.07 Å². The summed E-state index contributed by atoms with van der Waals surface area (Å²) in [7, 11) is 0. The molecule has 0 aliphatic heterocycles. The summed E-state index contributed by atoms with van der Waals surface area (Å²) in [5, 5.41) is 11.3. The molecule has 5 nitrogen and oxygen atoms in total. The molecule has 1 aromatic carbocycles. The first-order valence-electron chi connectivity index (χ1n) is 5.91. The molecule has 1 amide bonds. The summed E-state index contributed by atoms with van der Waals surface area (Å²) < 4.78 is 17.9. The Bertz CT molecular complexity index is 507. The molecule has 0 saturated carbocycles. The zero-order valence-corrected chi connectivity index (χ0v) is 11.8. The molecule has 1 rings (SSSR count). The number of carboxylic acid groups (broad SMARTS) is 1. The third-order valence-electron chi connectivity index (χ3n) is 2.50. The molecule has 110 valence electrons. The zero-order valence-electron chi connectivity index (χ0n) is 11.0. The highest BCUT2D eigenvalue weighted by Gasteiger charge is 2.23. The van der Waals surface area contributed by atoms with Crippen molar-refractivity contribution in [3.05, 3.63) is 29.0 Å². The average molecular weight is 304 g/mol. The third-order valence-corrected chi connectivity index (χ3v) is 2.80. The maximum atomic E-state index is 12.8. The van der Waals surface area contributed by atoms with Gasteiger partial charge in [0.2, 0.25) is 0 Å². The van der Waals surface area contributed by atoms with Crippen molar-refractivity contribution in [2.45, 2.75) is 19.9 Å². The number of nitrogens with one attached hydrogen (secondary N) is 1. The largest absolute Gasteiger partial charge is 0.482 e. The Morgan fingerprint density at radius 3 is 2.60 bits per heavy atom. The van der Waals surface area contributed by atoms with Crippen molar-refractivity contribution in [3.63, 3.8) is 0 Å². The maximum Gasteiger partial charge on any atom is 0.326 e. The van der Waals surface area contributed by atoms with E-state index in [0.29, 0.717) is 0 Å². The number of carboxylic acids is 1. The minimum absolute atomic E-state index is 0.0384. The number of carbonyl (C=O) groups excluding carboxylic acids is 1. The molecule has 20 heavy (non-hydrogen) atoms. The van der Waals surface area contributed by atoms with Gasteiger partial charge in [-0.3, -0.25) is 4.79 Å². The van der Waals surface area contributed by atoms with Crippen molar-refractivity contribution in [2.75, 3.05) is 6.61 Å². The minimum atomic E-state index is -1.12. The van der Waals surface area contributed by atoms with Crippen molar-refractivity contribution >= 4 is 23.5 Å². The SMILES string of the molecule is CC(C)[C@@H](NC(=O)COc1ccc(F)cc1Cl)C(=O)O. The highest BCUT2D eigenvalue weighted by molar-refractivity contribution is 6.32. The summed E-state index contributed by atoms with van der Waals surface area (Å²) in [4.78, 5) is 22.5. The monoisotopic (exact) mass is 303 g/mol. The predicted octanol–water partition coefficient (Wildman–Crippen LogP) is 2.08. The number of ether oxygens (including phenoxy) is 1. The number of hydrogen-bond acceptors (Lipinski definition) is 3. The molecule has 0 aliphatic rings. The molecule has 1 aromatic rings. The van der Waals surface area contributed by atoms with Crippen LogP contribution in [0.2, 0.25) is 5.02 Å². The standard InChI is InChI=1S/C13H15ClFNO4/c1-7(2)12(13(18)19)16-11(17)6-20-10-4-3-8(15)5-9(10)14/h3-5,7,12H,6H2,1-2H3,(H,16,17)(H,18,19)/t12-/m1/s1. The van der Waals surface area contributed by atoms with Crippen LogP contribution in [0.3, 0.4) is 0 Å². The fourth-order valence-electron chi connectivity index (χ4n) is 1.46. The molecule has 0 aliphatic carbocycles. The number of benzene rings is 1. The van der Waals surface area contributed by atoms with Gasteiger partial charge in [0.15, 0.2) is 6.61 Å². The summed E-state index contributed by atoms with van der Waals surface area (Å²) in [6, 6.07) is 2.51. The number of amides is 1. The van der Waals surface area contributed by atoms with E-state index in [2.05, 4.69) is 5.32 Å². The molecule has 0 fully saturated rings. The van der Waals surface area contributed by atoms with Crippen LogP contribution >= 0.6 is 11.6 Å². The van der Waals surface area contributed by atoms with Gasteiger partial charge in [-0.1, -0.05) is 25.4 Å². The van der Waals surface area contributed by atoms with E-state index in [1.54, 1.807) is 13.8 Å². The van der Waals surface area contributed by atoms with E-state index in [9.17, 15) is 14.0 Å². The van der Waals surface area contributed by atoms with Crippen molar-refractivity contribution in [3.8, 4) is 5.75 Å². The molecule has 0 bridgehead atoms. The Balaban J connectivity index is 2.57. The van der Waals surface area contributed by atoms with E-state index >= 15 is 0 Å². The van der Waals surface area contributed by atoms with Crippen molar-refractivity contribution in [2.24, 2.45) is 5.92 Å². The summed E-state index contributed by atoms with van der Waals surface area (Å²) in [5.74, 6) is -2.33. The lowest BCUT2D eigenvalue weighted by atomic mass is 10.1. The van der Waals surface area contributed by atoms with Gasteiger partial charge in [-0.2, -0.15) is 0 Å². The number of rotatable bonds is 6. The average Bonchev–Trinajstić information content (AvgIpc) is 2.34. The van der Waals surface area contributed by atoms with Crippen LogP contribution in [-0.2, 0) is 9.59 Å². The second-order valence-electron chi connectivity index (χ2n) is 4.49. The highest BCUT2D eigenvalue weighted by Crippen LogP contribution is 2.24. The molecule has 0 radical (unpaired) electrons. The van der Waals surface area contributed by atoms with E-state index < -0.39 is 30.3 Å². The molecular weight excluding hydrogens is 289 g/mol. The second kappa shape index (κ2) is 7.09. The number of hydrogen-bond donors (Lipinski definition) is 2. The van der Waals surface area contributed by atoms with Gasteiger partial charge in [0.1, 0.15) is 17.6 Å². The number of aliphatic carboxylic acids is 1. The first-order chi connectivity index (χ1) is 9.31. The Morgan fingerprint density at radius 1 is 1.45 bits per heavy atom. The van der Waals surface area contributed by atoms with Crippen LogP contribution in [0, 0.1) is 11.7 Å². The Kier molecular flexibility index (Phi) is 5.76. The first-order valence-corrected chi connectivity index (χ1v) is 6.29.